The fourth-order valence-electron chi connectivity index (χ4n) is 6.02. The first-order chi connectivity index (χ1) is 19.4. The van der Waals surface area contributed by atoms with Gasteiger partial charge in [-0.1, -0.05) is 24.2 Å². The number of aromatic nitrogens is 3. The number of ether oxygens (including phenoxy) is 1. The molecular formula is C28H24ClFN6O4. The van der Waals surface area contributed by atoms with Gasteiger partial charge in [-0.2, -0.15) is 5.10 Å². The van der Waals surface area contributed by atoms with Gasteiger partial charge in [-0.05, 0) is 29.8 Å². The van der Waals surface area contributed by atoms with Crippen LogP contribution in [0.5, 0.6) is 5.88 Å². The number of aliphatic hydroxyl groups excluding tert-OH is 1. The van der Waals surface area contributed by atoms with Gasteiger partial charge in [-0.25, -0.2) is 9.37 Å². The zero-order chi connectivity index (χ0) is 27.7. The second-order valence-corrected chi connectivity index (χ2v) is 10.5. The highest BCUT2D eigenvalue weighted by Gasteiger charge is 2.47. The monoisotopic (exact) mass is 562 g/mol. The average Bonchev–Trinajstić information content (AvgIpc) is 3.43. The van der Waals surface area contributed by atoms with E-state index in [1.54, 1.807) is 34.2 Å². The maximum Gasteiger partial charge on any atom is 0.251 e. The van der Waals surface area contributed by atoms with E-state index in [0.29, 0.717) is 35.4 Å². The molecule has 10 nitrogen and oxygen atoms in total. The van der Waals surface area contributed by atoms with E-state index in [1.807, 2.05) is 11.0 Å². The number of nitrogens with one attached hydrogen (secondary N) is 1. The number of rotatable bonds is 4. The van der Waals surface area contributed by atoms with Gasteiger partial charge in [0.05, 0.1) is 35.5 Å². The van der Waals surface area contributed by atoms with E-state index in [4.69, 9.17) is 16.3 Å². The van der Waals surface area contributed by atoms with Crippen molar-refractivity contribution in [2.24, 2.45) is 0 Å². The predicted molar refractivity (Wildman–Crippen MR) is 148 cm³/mol. The van der Waals surface area contributed by atoms with Gasteiger partial charge in [0, 0.05) is 42.5 Å². The first kappa shape index (κ1) is 24.8. The summed E-state index contributed by atoms with van der Waals surface area (Å²) >= 11 is 6.77. The van der Waals surface area contributed by atoms with Crippen LogP contribution in [0.3, 0.4) is 0 Å². The van der Waals surface area contributed by atoms with Crippen LogP contribution in [0.2, 0.25) is 5.02 Å². The van der Waals surface area contributed by atoms with Gasteiger partial charge in [-0.3, -0.25) is 14.7 Å². The van der Waals surface area contributed by atoms with E-state index >= 15 is 4.39 Å². The van der Waals surface area contributed by atoms with Crippen molar-refractivity contribution in [3.05, 3.63) is 54.0 Å². The van der Waals surface area contributed by atoms with Crippen LogP contribution in [0.4, 0.5) is 15.8 Å². The maximum absolute atomic E-state index is 16.5. The third-order valence-corrected chi connectivity index (χ3v) is 8.21. The summed E-state index contributed by atoms with van der Waals surface area (Å²) in [5.74, 6) is -0.954. The molecule has 204 valence electrons. The number of carbonyl (C=O) groups is 2. The number of carbonyl (C=O) groups excluding carboxylic acids is 2. The van der Waals surface area contributed by atoms with Gasteiger partial charge >= 0.3 is 0 Å². The van der Waals surface area contributed by atoms with Crippen molar-refractivity contribution in [3.63, 3.8) is 0 Å². The van der Waals surface area contributed by atoms with Crippen molar-refractivity contribution >= 4 is 56.6 Å². The number of aliphatic hydroxyl groups is 1. The molecule has 0 radical (unpaired) electrons. The molecule has 0 aliphatic carbocycles. The number of benzene rings is 2. The SMILES string of the molecule is C=CC(=O)N1CCN2c3c4c(nc5c(F)c(-c6ccc7[nH]ncc7c6)c(Cl)cc35)O[C@@H](CCO)CN4C(=O)[C@H]2C1. The Morgan fingerprint density at radius 2 is 2.12 bits per heavy atom. The highest BCUT2D eigenvalue weighted by atomic mass is 35.5. The number of fused-ring (bicyclic) bond motifs is 5. The quantitative estimate of drug-likeness (QED) is 0.367. The molecule has 2 aromatic heterocycles. The summed E-state index contributed by atoms with van der Waals surface area (Å²) in [7, 11) is 0. The number of pyridine rings is 1. The molecule has 5 heterocycles. The summed E-state index contributed by atoms with van der Waals surface area (Å²) in [4.78, 5) is 35.9. The average molecular weight is 563 g/mol. The maximum atomic E-state index is 16.5. The Labute approximate surface area is 232 Å². The summed E-state index contributed by atoms with van der Waals surface area (Å²) in [6, 6.07) is 6.37. The Morgan fingerprint density at radius 1 is 1.27 bits per heavy atom. The lowest BCUT2D eigenvalue weighted by atomic mass is 9.96. The van der Waals surface area contributed by atoms with Crippen LogP contribution in [-0.2, 0) is 9.59 Å². The van der Waals surface area contributed by atoms with Gasteiger partial charge < -0.3 is 24.5 Å². The van der Waals surface area contributed by atoms with Crippen LogP contribution in [0.15, 0.2) is 43.1 Å². The van der Waals surface area contributed by atoms with Crippen molar-refractivity contribution < 1.29 is 23.8 Å². The van der Waals surface area contributed by atoms with Crippen LogP contribution < -0.4 is 14.5 Å². The largest absolute Gasteiger partial charge is 0.471 e. The normalized spacial score (nSPS) is 20.0. The molecule has 2 N–H and O–H groups in total. The Bertz CT molecular complexity index is 1740. The predicted octanol–water partition coefficient (Wildman–Crippen LogP) is 3.26. The third kappa shape index (κ3) is 3.57. The Kier molecular flexibility index (Phi) is 5.69. The summed E-state index contributed by atoms with van der Waals surface area (Å²) in [5.41, 5.74) is 2.68. The minimum absolute atomic E-state index is 0.0581. The summed E-state index contributed by atoms with van der Waals surface area (Å²) in [6.07, 6.45) is 2.63. The van der Waals surface area contributed by atoms with Crippen LogP contribution in [0, 0.1) is 5.82 Å². The second-order valence-electron chi connectivity index (χ2n) is 10.1. The van der Waals surface area contributed by atoms with Crippen molar-refractivity contribution in [2.75, 3.05) is 42.6 Å². The molecule has 4 aromatic rings. The number of amides is 2. The molecule has 0 spiro atoms. The lowest BCUT2D eigenvalue weighted by molar-refractivity contribution is -0.128. The van der Waals surface area contributed by atoms with Gasteiger partial charge in [0.15, 0.2) is 5.82 Å². The smallest absolute Gasteiger partial charge is 0.251 e. The van der Waals surface area contributed by atoms with E-state index in [1.165, 1.54) is 6.08 Å². The van der Waals surface area contributed by atoms with Gasteiger partial charge in [-0.15, -0.1) is 0 Å². The fourth-order valence-corrected chi connectivity index (χ4v) is 6.32. The molecule has 1 saturated heterocycles. The summed E-state index contributed by atoms with van der Waals surface area (Å²) < 4.78 is 22.6. The fraction of sp³-hybridized carbons (Fsp3) is 0.286. The van der Waals surface area contributed by atoms with E-state index in [0.717, 1.165) is 10.9 Å². The third-order valence-electron chi connectivity index (χ3n) is 7.91. The number of hydrogen-bond acceptors (Lipinski definition) is 7. The van der Waals surface area contributed by atoms with Crippen molar-refractivity contribution in [1.29, 1.82) is 0 Å². The molecule has 0 unspecified atom stereocenters. The molecule has 12 heteroatoms. The molecule has 7 rings (SSSR count). The lowest BCUT2D eigenvalue weighted by Crippen LogP contribution is -2.65. The highest BCUT2D eigenvalue weighted by Crippen LogP contribution is 2.51. The molecular weight excluding hydrogens is 539 g/mol. The van der Waals surface area contributed by atoms with Crippen LogP contribution >= 0.6 is 11.6 Å². The molecule has 0 saturated carbocycles. The van der Waals surface area contributed by atoms with Gasteiger partial charge in [0.1, 0.15) is 23.3 Å². The number of aromatic amines is 1. The van der Waals surface area contributed by atoms with E-state index in [2.05, 4.69) is 21.8 Å². The van der Waals surface area contributed by atoms with Crippen LogP contribution in [0.1, 0.15) is 6.42 Å². The standard InChI is InChI=1S/C28H24ClFN6O4/c1-2-21(38)34-6-7-35-20(13-34)28(39)36-12-16(5-8-37)40-27-26(36)25(35)17-10-18(29)22(23(30)24(17)32-27)14-3-4-19-15(9-14)11-31-33-19/h2-4,9-11,16,20,37H,1,5-8,12-13H2,(H,31,33)/t16-,20+/m0/s1. The van der Waals surface area contributed by atoms with Crippen LogP contribution in [-0.4, -0.2) is 81.9 Å². The summed E-state index contributed by atoms with van der Waals surface area (Å²) in [5, 5.41) is 18.0. The Morgan fingerprint density at radius 3 is 2.92 bits per heavy atom. The zero-order valence-corrected chi connectivity index (χ0v) is 22.0. The Hall–Kier alpha value is -4.22. The Balaban J connectivity index is 1.45. The molecule has 2 aromatic carbocycles. The summed E-state index contributed by atoms with van der Waals surface area (Å²) in [6.45, 7) is 4.48. The molecule has 2 atom stereocenters. The first-order valence-corrected chi connectivity index (χ1v) is 13.3. The lowest BCUT2D eigenvalue weighted by Gasteiger charge is -2.50. The van der Waals surface area contributed by atoms with Gasteiger partial charge in [0.2, 0.25) is 11.8 Å². The number of hydrogen-bond donors (Lipinski definition) is 2. The minimum Gasteiger partial charge on any atom is -0.471 e. The topological polar surface area (TPSA) is 115 Å². The second kappa shape index (κ2) is 9.17. The number of nitrogens with zero attached hydrogens (tertiary/aromatic N) is 5. The molecule has 0 bridgehead atoms. The molecule has 3 aliphatic heterocycles. The van der Waals surface area contributed by atoms with E-state index in [-0.39, 0.29) is 59.9 Å². The van der Waals surface area contributed by atoms with Gasteiger partial charge in [0.25, 0.3) is 5.91 Å². The highest BCUT2D eigenvalue weighted by molar-refractivity contribution is 6.34. The van der Waals surface area contributed by atoms with Crippen molar-refractivity contribution in [1.82, 2.24) is 20.1 Å². The molecule has 1 fully saturated rings. The number of anilines is 2. The zero-order valence-electron chi connectivity index (χ0n) is 21.2. The first-order valence-electron chi connectivity index (χ1n) is 13.0. The minimum atomic E-state index is -0.693. The van der Waals surface area contributed by atoms with Crippen LogP contribution in [0.25, 0.3) is 32.9 Å². The van der Waals surface area contributed by atoms with E-state index in [9.17, 15) is 14.7 Å². The molecule has 40 heavy (non-hydrogen) atoms. The van der Waals surface area contributed by atoms with E-state index < -0.39 is 18.0 Å². The van der Waals surface area contributed by atoms with Crippen molar-refractivity contribution in [3.8, 4) is 17.0 Å². The number of piperazine rings is 1. The number of halogens is 2. The molecule has 3 aliphatic rings. The molecule has 2 amide bonds. The van der Waals surface area contributed by atoms with Crippen molar-refractivity contribution in [2.45, 2.75) is 18.6 Å². The number of H-pyrrole nitrogens is 1.